The third-order valence-electron chi connectivity index (χ3n) is 0.0899. The van der Waals surface area contributed by atoms with Crippen LogP contribution >= 0.6 is 17.5 Å². The molecule has 0 heterocycles. The minimum atomic E-state index is -3.56. The van der Waals surface area contributed by atoms with E-state index in [1.807, 2.05) is 0 Å². The standard InChI is InChI=1S/FH2O2PS2/c1-6-4(2,3)5/h(H2,2,3,5). The fraction of sp³-hybridized carbons (Fsp3) is 0. The van der Waals surface area contributed by atoms with Gasteiger partial charge in [0.1, 0.15) is 11.8 Å². The van der Waals surface area contributed by atoms with Crippen molar-refractivity contribution in [2.45, 2.75) is 0 Å². The second-order valence-corrected chi connectivity index (χ2v) is 5.84. The van der Waals surface area contributed by atoms with Gasteiger partial charge in [0.2, 0.25) is 0 Å². The van der Waals surface area contributed by atoms with E-state index in [2.05, 4.69) is 11.8 Å². The van der Waals surface area contributed by atoms with Gasteiger partial charge < -0.3 is 9.79 Å². The van der Waals surface area contributed by atoms with Crippen molar-refractivity contribution < 1.29 is 13.7 Å². The van der Waals surface area contributed by atoms with E-state index in [0.29, 0.717) is 0 Å². The van der Waals surface area contributed by atoms with E-state index in [1.165, 1.54) is 0 Å². The number of hydrogen-bond donors (Lipinski definition) is 2. The third-order valence-corrected chi connectivity index (χ3v) is 1.32. The molecule has 0 saturated carbocycles. The van der Waals surface area contributed by atoms with Gasteiger partial charge in [-0.3, -0.25) is 0 Å². The Kier molecular flexibility index (Phi) is 2.55. The van der Waals surface area contributed by atoms with Crippen LogP contribution in [-0.4, -0.2) is 9.79 Å². The van der Waals surface area contributed by atoms with Crippen molar-refractivity contribution in [2.75, 3.05) is 0 Å². The second kappa shape index (κ2) is 2.23. The van der Waals surface area contributed by atoms with Crippen LogP contribution in [0, 0.1) is 0 Å². The maximum absolute atomic E-state index is 10.9. The molecule has 0 aromatic heterocycles. The first kappa shape index (κ1) is 6.85. The van der Waals surface area contributed by atoms with Crippen LogP contribution in [0.5, 0.6) is 0 Å². The van der Waals surface area contributed by atoms with E-state index >= 15 is 0 Å². The summed E-state index contributed by atoms with van der Waals surface area (Å²) < 4.78 is 10.9. The molecule has 0 aliphatic heterocycles. The Labute approximate surface area is 43.6 Å². The molecule has 0 aromatic rings. The van der Waals surface area contributed by atoms with Gasteiger partial charge in [0, 0.05) is 0 Å². The SMILES string of the molecule is OP(O)(=S)SF. The summed E-state index contributed by atoms with van der Waals surface area (Å²) in [6.45, 7) is 0. The van der Waals surface area contributed by atoms with E-state index in [-0.39, 0.29) is 0 Å². The van der Waals surface area contributed by atoms with Crippen LogP contribution in [0.1, 0.15) is 0 Å². The highest BCUT2D eigenvalue weighted by Gasteiger charge is 2.05. The fourth-order valence-electron chi connectivity index (χ4n) is 0. The molecule has 0 bridgehead atoms. The van der Waals surface area contributed by atoms with Crippen molar-refractivity contribution in [2.24, 2.45) is 0 Å². The zero-order valence-corrected chi connectivity index (χ0v) is 5.06. The molecule has 0 radical (unpaired) electrons. The number of halogens is 1. The van der Waals surface area contributed by atoms with E-state index in [9.17, 15) is 3.89 Å². The Hall–Kier alpha value is 0.850. The summed E-state index contributed by atoms with van der Waals surface area (Å²) in [4.78, 5) is 15.8. The second-order valence-electron chi connectivity index (χ2n) is 0.560. The smallest absolute Gasteiger partial charge is 0.274 e. The maximum Gasteiger partial charge on any atom is 0.274 e. The summed E-state index contributed by atoms with van der Waals surface area (Å²) >= 11 is 3.22. The third kappa shape index (κ3) is 4.85. The van der Waals surface area contributed by atoms with Crippen molar-refractivity contribution in [3.05, 3.63) is 0 Å². The first-order valence-electron chi connectivity index (χ1n) is 0.919. The highest BCUT2D eigenvalue weighted by atomic mass is 32.9. The normalized spacial score (nSPS) is 11.8. The molecule has 0 unspecified atom stereocenters. The van der Waals surface area contributed by atoms with Gasteiger partial charge in [0.05, 0.1) is 0 Å². The lowest BCUT2D eigenvalue weighted by Crippen LogP contribution is -1.58. The van der Waals surface area contributed by atoms with Crippen LogP contribution in [0.25, 0.3) is 0 Å². The van der Waals surface area contributed by atoms with Gasteiger partial charge in [0.15, 0.2) is 0 Å². The van der Waals surface area contributed by atoms with Crippen molar-refractivity contribution in [1.29, 1.82) is 0 Å². The molecular weight excluding hydrogens is 146 g/mol. The molecule has 0 rings (SSSR count). The zero-order valence-electron chi connectivity index (χ0n) is 2.54. The Morgan fingerprint density at radius 3 is 1.83 bits per heavy atom. The molecule has 0 saturated heterocycles. The fourth-order valence-corrected chi connectivity index (χ4v) is 0. The highest BCUT2D eigenvalue weighted by molar-refractivity contribution is 8.65. The number of rotatable bonds is 1. The molecular formula is H2FO2PS2. The Balaban J connectivity index is 3.48. The van der Waals surface area contributed by atoms with E-state index in [0.717, 1.165) is 0 Å². The molecule has 0 aliphatic rings. The van der Waals surface area contributed by atoms with Gasteiger partial charge >= 0.3 is 0 Å². The van der Waals surface area contributed by atoms with Crippen molar-refractivity contribution in [3.8, 4) is 0 Å². The summed E-state index contributed by atoms with van der Waals surface area (Å²) in [5.41, 5.74) is -3.56. The molecule has 2 nitrogen and oxygen atoms in total. The molecule has 0 aliphatic carbocycles. The molecule has 6 heavy (non-hydrogen) atoms. The minimum Gasteiger partial charge on any atom is -0.336 e. The molecule has 6 heteroatoms. The van der Waals surface area contributed by atoms with Crippen molar-refractivity contribution in [3.63, 3.8) is 0 Å². The summed E-state index contributed by atoms with van der Waals surface area (Å²) in [5, 5.41) is 0. The van der Waals surface area contributed by atoms with Gasteiger partial charge in [-0.25, -0.2) is 0 Å². The average Bonchev–Trinajstić information content (AvgIpc) is 1.35. The summed E-state index contributed by atoms with van der Waals surface area (Å²) in [7, 11) is 0. The van der Waals surface area contributed by atoms with Crippen LogP contribution in [0.15, 0.2) is 0 Å². The first-order valence-corrected chi connectivity index (χ1v) is 4.95. The van der Waals surface area contributed by atoms with E-state index in [1.54, 1.807) is 0 Å². The quantitative estimate of drug-likeness (QED) is 0.540. The van der Waals surface area contributed by atoms with Gasteiger partial charge in [-0.05, 0) is 11.8 Å². The minimum absolute atomic E-state index is 0.581. The molecule has 0 atom stereocenters. The van der Waals surface area contributed by atoms with E-state index < -0.39 is 17.5 Å². The monoisotopic (exact) mass is 148 g/mol. The van der Waals surface area contributed by atoms with Gasteiger partial charge in [0.25, 0.3) is 5.69 Å². The van der Waals surface area contributed by atoms with Crippen molar-refractivity contribution >= 4 is 29.3 Å². The lowest BCUT2D eigenvalue weighted by atomic mass is 15.9. The molecule has 2 N–H and O–H groups in total. The predicted molar refractivity (Wildman–Crippen MR) is 27.4 cm³/mol. The predicted octanol–water partition coefficient (Wildman–Crippen LogP) is 0.813. The van der Waals surface area contributed by atoms with E-state index in [4.69, 9.17) is 9.79 Å². The lowest BCUT2D eigenvalue weighted by Gasteiger charge is -1.92. The van der Waals surface area contributed by atoms with Crippen LogP contribution in [0.3, 0.4) is 0 Å². The summed E-state index contributed by atoms with van der Waals surface area (Å²) in [6, 6.07) is 0. The highest BCUT2D eigenvalue weighted by Crippen LogP contribution is 2.51. The van der Waals surface area contributed by atoms with Gasteiger partial charge in [-0.2, -0.15) is 3.89 Å². The van der Waals surface area contributed by atoms with Crippen LogP contribution in [-0.2, 0) is 11.8 Å². The Morgan fingerprint density at radius 1 is 1.67 bits per heavy atom. The Morgan fingerprint density at radius 2 is 1.83 bits per heavy atom. The maximum atomic E-state index is 10.9. The van der Waals surface area contributed by atoms with Crippen molar-refractivity contribution in [1.82, 2.24) is 0 Å². The number of hydrogen-bond acceptors (Lipinski definition) is 2. The first-order chi connectivity index (χ1) is 2.56. The summed E-state index contributed by atoms with van der Waals surface area (Å²) in [5.74, 6) is 0. The Bertz CT molecular complexity index is 75.6. The molecule has 0 fully saturated rings. The average molecular weight is 148 g/mol. The van der Waals surface area contributed by atoms with Gasteiger partial charge in [-0.1, -0.05) is 0 Å². The van der Waals surface area contributed by atoms with Crippen LogP contribution in [0.2, 0.25) is 0 Å². The lowest BCUT2D eigenvalue weighted by molar-refractivity contribution is 0.500. The molecule has 0 aromatic carbocycles. The topological polar surface area (TPSA) is 40.5 Å². The summed E-state index contributed by atoms with van der Waals surface area (Å²) in [6.07, 6.45) is 0. The van der Waals surface area contributed by atoms with Crippen LogP contribution < -0.4 is 0 Å². The van der Waals surface area contributed by atoms with Gasteiger partial charge in [-0.15, -0.1) is 0 Å². The molecule has 0 amide bonds. The molecule has 0 spiro atoms. The largest absolute Gasteiger partial charge is 0.336 e. The molecule has 38 valence electrons. The van der Waals surface area contributed by atoms with Crippen LogP contribution in [0.4, 0.5) is 3.89 Å². The zero-order chi connectivity index (χ0) is 5.21.